The molecule has 0 spiro atoms. The van der Waals surface area contributed by atoms with Crippen molar-refractivity contribution in [1.29, 1.82) is 0 Å². The molecular formula is C24H28N4O2. The van der Waals surface area contributed by atoms with E-state index in [0.29, 0.717) is 24.6 Å². The number of nitrogens with one attached hydrogen (secondary N) is 1. The molecule has 0 unspecified atom stereocenters. The van der Waals surface area contributed by atoms with Gasteiger partial charge in [0.25, 0.3) is 0 Å². The molecule has 2 heterocycles. The smallest absolute Gasteiger partial charge is 0.227 e. The molecule has 1 aliphatic rings. The lowest BCUT2D eigenvalue weighted by molar-refractivity contribution is -0.122. The number of hydrogen-bond donors (Lipinski definition) is 1. The van der Waals surface area contributed by atoms with Gasteiger partial charge in [-0.3, -0.25) is 4.79 Å². The molecule has 0 bridgehead atoms. The Bertz CT molecular complexity index is 927. The first-order valence-corrected chi connectivity index (χ1v) is 10.7. The van der Waals surface area contributed by atoms with Gasteiger partial charge in [-0.1, -0.05) is 65.8 Å². The maximum Gasteiger partial charge on any atom is 0.227 e. The zero-order valence-electron chi connectivity index (χ0n) is 17.2. The summed E-state index contributed by atoms with van der Waals surface area (Å²) in [5, 5.41) is 7.20. The number of aryl methyl sites for hydroxylation is 1. The second-order valence-electron chi connectivity index (χ2n) is 7.82. The van der Waals surface area contributed by atoms with Crippen molar-refractivity contribution in [2.45, 2.75) is 38.1 Å². The van der Waals surface area contributed by atoms with Gasteiger partial charge < -0.3 is 14.7 Å². The Kier molecular flexibility index (Phi) is 6.87. The van der Waals surface area contributed by atoms with Gasteiger partial charge in [0.1, 0.15) is 0 Å². The highest BCUT2D eigenvalue weighted by atomic mass is 16.5. The summed E-state index contributed by atoms with van der Waals surface area (Å²) in [6, 6.07) is 20.5. The first-order chi connectivity index (χ1) is 14.8. The SMILES string of the molecule is O=C(CCc1nc(-c2ccccc2)no1)N[C@@H]1CCCN(CCc2ccccc2)C1. The van der Waals surface area contributed by atoms with Crippen LogP contribution in [0.1, 0.15) is 30.7 Å². The molecule has 1 aliphatic heterocycles. The molecule has 3 aromatic rings. The van der Waals surface area contributed by atoms with Crippen LogP contribution in [0, 0.1) is 0 Å². The number of nitrogens with zero attached hydrogens (tertiary/aromatic N) is 3. The predicted octanol–water partition coefficient (Wildman–Crippen LogP) is 3.49. The summed E-state index contributed by atoms with van der Waals surface area (Å²) in [5.41, 5.74) is 2.27. The molecule has 1 N–H and O–H groups in total. The molecule has 0 saturated carbocycles. The summed E-state index contributed by atoms with van der Waals surface area (Å²) in [6.07, 6.45) is 4.01. The Hall–Kier alpha value is -2.99. The van der Waals surface area contributed by atoms with E-state index in [1.165, 1.54) is 5.56 Å². The van der Waals surface area contributed by atoms with Crippen LogP contribution in [0.25, 0.3) is 11.4 Å². The normalized spacial score (nSPS) is 17.0. The zero-order chi connectivity index (χ0) is 20.6. The largest absolute Gasteiger partial charge is 0.352 e. The first-order valence-electron chi connectivity index (χ1n) is 10.7. The van der Waals surface area contributed by atoms with E-state index in [1.807, 2.05) is 36.4 Å². The molecule has 2 aromatic carbocycles. The third kappa shape index (κ3) is 5.76. The van der Waals surface area contributed by atoms with Crippen molar-refractivity contribution < 1.29 is 9.32 Å². The monoisotopic (exact) mass is 404 g/mol. The van der Waals surface area contributed by atoms with Crippen molar-refractivity contribution in [3.63, 3.8) is 0 Å². The van der Waals surface area contributed by atoms with Gasteiger partial charge in [-0.05, 0) is 31.4 Å². The number of amides is 1. The number of rotatable bonds is 8. The number of piperidine rings is 1. The summed E-state index contributed by atoms with van der Waals surface area (Å²) in [6.45, 7) is 3.04. The summed E-state index contributed by atoms with van der Waals surface area (Å²) in [7, 11) is 0. The Morgan fingerprint density at radius 3 is 2.63 bits per heavy atom. The van der Waals surface area contributed by atoms with E-state index < -0.39 is 0 Å². The quantitative estimate of drug-likeness (QED) is 0.622. The van der Waals surface area contributed by atoms with E-state index >= 15 is 0 Å². The number of likely N-dealkylation sites (tertiary alicyclic amines) is 1. The van der Waals surface area contributed by atoms with E-state index in [0.717, 1.165) is 44.5 Å². The molecule has 1 atom stereocenters. The Labute approximate surface area is 177 Å². The van der Waals surface area contributed by atoms with Crippen LogP contribution in [-0.2, 0) is 17.6 Å². The Balaban J connectivity index is 1.21. The van der Waals surface area contributed by atoms with Gasteiger partial charge >= 0.3 is 0 Å². The molecule has 6 heteroatoms. The summed E-state index contributed by atoms with van der Waals surface area (Å²) >= 11 is 0. The zero-order valence-corrected chi connectivity index (χ0v) is 17.2. The topological polar surface area (TPSA) is 71.3 Å². The highest BCUT2D eigenvalue weighted by Crippen LogP contribution is 2.16. The van der Waals surface area contributed by atoms with Gasteiger partial charge in [0.2, 0.25) is 17.6 Å². The molecule has 0 aliphatic carbocycles. The minimum atomic E-state index is 0.0457. The molecule has 0 radical (unpaired) electrons. The van der Waals surface area contributed by atoms with E-state index in [2.05, 4.69) is 44.6 Å². The average molecular weight is 405 g/mol. The molecule has 30 heavy (non-hydrogen) atoms. The first kappa shape index (κ1) is 20.3. The van der Waals surface area contributed by atoms with Crippen LogP contribution >= 0.6 is 0 Å². The van der Waals surface area contributed by atoms with Crippen LogP contribution in [0.3, 0.4) is 0 Å². The fourth-order valence-corrected chi connectivity index (χ4v) is 3.89. The molecule has 1 saturated heterocycles. The van der Waals surface area contributed by atoms with Gasteiger partial charge in [-0.15, -0.1) is 0 Å². The molecule has 6 nitrogen and oxygen atoms in total. The number of aromatic nitrogens is 2. The predicted molar refractivity (Wildman–Crippen MR) is 116 cm³/mol. The number of hydrogen-bond acceptors (Lipinski definition) is 5. The van der Waals surface area contributed by atoms with Crippen molar-refractivity contribution in [2.24, 2.45) is 0 Å². The Morgan fingerprint density at radius 2 is 1.83 bits per heavy atom. The third-order valence-corrected chi connectivity index (χ3v) is 5.50. The molecule has 1 aromatic heterocycles. The lowest BCUT2D eigenvalue weighted by atomic mass is 10.0. The number of carbonyl (C=O) groups is 1. The summed E-state index contributed by atoms with van der Waals surface area (Å²) in [5.74, 6) is 1.11. The Morgan fingerprint density at radius 1 is 1.07 bits per heavy atom. The van der Waals surface area contributed by atoms with E-state index in [4.69, 9.17) is 4.52 Å². The molecule has 156 valence electrons. The van der Waals surface area contributed by atoms with Crippen LogP contribution in [0.5, 0.6) is 0 Å². The van der Waals surface area contributed by atoms with Crippen molar-refractivity contribution in [3.05, 3.63) is 72.1 Å². The molecule has 1 fully saturated rings. The highest BCUT2D eigenvalue weighted by Gasteiger charge is 2.21. The summed E-state index contributed by atoms with van der Waals surface area (Å²) in [4.78, 5) is 19.3. The van der Waals surface area contributed by atoms with Gasteiger partial charge in [-0.25, -0.2) is 0 Å². The highest BCUT2D eigenvalue weighted by molar-refractivity contribution is 5.76. The van der Waals surface area contributed by atoms with Crippen molar-refractivity contribution in [1.82, 2.24) is 20.4 Å². The molecular weight excluding hydrogens is 376 g/mol. The standard InChI is InChI=1S/C24H28N4O2/c29-22(13-14-23-26-24(27-30-23)20-10-5-2-6-11-20)25-21-12-7-16-28(18-21)17-15-19-8-3-1-4-9-19/h1-6,8-11,21H,7,12-18H2,(H,25,29)/t21-/m1/s1. The fourth-order valence-electron chi connectivity index (χ4n) is 3.89. The number of carbonyl (C=O) groups excluding carboxylic acids is 1. The van der Waals surface area contributed by atoms with Crippen LogP contribution in [0.15, 0.2) is 65.2 Å². The fraction of sp³-hybridized carbons (Fsp3) is 0.375. The maximum absolute atomic E-state index is 12.4. The van der Waals surface area contributed by atoms with Crippen LogP contribution < -0.4 is 5.32 Å². The van der Waals surface area contributed by atoms with Crippen molar-refractivity contribution >= 4 is 5.91 Å². The molecule has 1 amide bonds. The van der Waals surface area contributed by atoms with Crippen LogP contribution in [0.4, 0.5) is 0 Å². The van der Waals surface area contributed by atoms with Gasteiger partial charge in [0, 0.05) is 37.5 Å². The number of benzene rings is 2. The second-order valence-corrected chi connectivity index (χ2v) is 7.82. The average Bonchev–Trinajstić information content (AvgIpc) is 3.27. The van der Waals surface area contributed by atoms with Crippen LogP contribution in [0.2, 0.25) is 0 Å². The van der Waals surface area contributed by atoms with E-state index in [-0.39, 0.29) is 11.9 Å². The van der Waals surface area contributed by atoms with Gasteiger partial charge in [0.05, 0.1) is 0 Å². The summed E-state index contributed by atoms with van der Waals surface area (Å²) < 4.78 is 5.30. The minimum Gasteiger partial charge on any atom is -0.352 e. The van der Waals surface area contributed by atoms with Crippen molar-refractivity contribution in [2.75, 3.05) is 19.6 Å². The third-order valence-electron chi connectivity index (χ3n) is 5.50. The lowest BCUT2D eigenvalue weighted by Crippen LogP contribution is -2.48. The van der Waals surface area contributed by atoms with E-state index in [1.54, 1.807) is 0 Å². The van der Waals surface area contributed by atoms with Crippen LogP contribution in [-0.4, -0.2) is 46.6 Å². The van der Waals surface area contributed by atoms with Gasteiger partial charge in [-0.2, -0.15) is 4.98 Å². The maximum atomic E-state index is 12.4. The lowest BCUT2D eigenvalue weighted by Gasteiger charge is -2.33. The second kappa shape index (κ2) is 10.2. The minimum absolute atomic E-state index is 0.0457. The van der Waals surface area contributed by atoms with Gasteiger partial charge in [0.15, 0.2) is 0 Å². The molecule has 4 rings (SSSR count). The van der Waals surface area contributed by atoms with Crippen molar-refractivity contribution in [3.8, 4) is 11.4 Å². The van der Waals surface area contributed by atoms with E-state index in [9.17, 15) is 4.79 Å².